The summed E-state index contributed by atoms with van der Waals surface area (Å²) in [7, 11) is 0. The molecule has 12 nitrogen and oxygen atoms in total. The first-order valence-electron chi connectivity index (χ1n) is 9.76. The van der Waals surface area contributed by atoms with Crippen LogP contribution in [0.25, 0.3) is 0 Å². The molecule has 182 valence electrons. The average Bonchev–Trinajstić information content (AvgIpc) is 2.82. The van der Waals surface area contributed by atoms with Crippen LogP contribution in [0.3, 0.4) is 0 Å². The van der Waals surface area contributed by atoms with E-state index in [0.29, 0.717) is 0 Å². The third-order valence-corrected chi connectivity index (χ3v) is 4.67. The van der Waals surface area contributed by atoms with Crippen molar-refractivity contribution in [2.45, 2.75) is 0 Å². The molecule has 3 aromatic rings. The largest absolute Gasteiger partial charge is 0.478 e. The van der Waals surface area contributed by atoms with Crippen molar-refractivity contribution in [3.05, 3.63) is 94.0 Å². The van der Waals surface area contributed by atoms with E-state index in [0.717, 1.165) is 0 Å². The number of esters is 2. The topological polar surface area (TPSA) is 202 Å². The van der Waals surface area contributed by atoms with Crippen molar-refractivity contribution in [1.82, 2.24) is 0 Å². The molecule has 0 aromatic heterocycles. The van der Waals surface area contributed by atoms with E-state index in [2.05, 4.69) is 0 Å². The van der Waals surface area contributed by atoms with E-state index in [1.54, 1.807) is 12.1 Å². The van der Waals surface area contributed by atoms with Crippen LogP contribution >= 0.6 is 0 Å². The monoisotopic (exact) mass is 494 g/mol. The van der Waals surface area contributed by atoms with Gasteiger partial charge in [-0.25, -0.2) is 28.8 Å². The van der Waals surface area contributed by atoms with Crippen molar-refractivity contribution in [3.63, 3.8) is 0 Å². The zero-order valence-electron chi connectivity index (χ0n) is 17.8. The standard InChI is InChI=1S/C24H14O12/c25-19(26)13-14(20(27)28)16(22(31)32)18(24(34)36-12-9-5-2-6-10-12)17(15(13)21(29)30)23(33)35-11-7-3-1-4-8-11/h1-10H,(H,25,26)(H,27,28)(H,29,30)(H,31,32). The summed E-state index contributed by atoms with van der Waals surface area (Å²) in [5, 5.41) is 38.8. The Hall–Kier alpha value is -5.52. The number of carbonyl (C=O) groups is 6. The van der Waals surface area contributed by atoms with E-state index in [-0.39, 0.29) is 11.5 Å². The smallest absolute Gasteiger partial charge is 0.345 e. The van der Waals surface area contributed by atoms with E-state index < -0.39 is 69.2 Å². The van der Waals surface area contributed by atoms with Gasteiger partial charge in [-0.3, -0.25) is 0 Å². The van der Waals surface area contributed by atoms with Gasteiger partial charge in [0.1, 0.15) is 11.5 Å². The number of benzene rings is 3. The van der Waals surface area contributed by atoms with Crippen LogP contribution in [0.1, 0.15) is 62.1 Å². The van der Waals surface area contributed by atoms with Crippen LogP contribution in [-0.4, -0.2) is 56.2 Å². The SMILES string of the molecule is O=C(O)c1c(C(=O)O)c(C(=O)O)c(C(=O)Oc2ccccc2)c(C(=O)Oc2ccccc2)c1C(=O)O. The second-order valence-electron chi connectivity index (χ2n) is 6.88. The summed E-state index contributed by atoms with van der Waals surface area (Å²) < 4.78 is 10.1. The lowest BCUT2D eigenvalue weighted by atomic mass is 9.85. The van der Waals surface area contributed by atoms with Gasteiger partial charge in [0.2, 0.25) is 0 Å². The van der Waals surface area contributed by atoms with E-state index in [1.165, 1.54) is 48.5 Å². The maximum atomic E-state index is 13.1. The summed E-state index contributed by atoms with van der Waals surface area (Å²) in [6.45, 7) is 0. The number of hydrogen-bond donors (Lipinski definition) is 4. The number of hydrogen-bond acceptors (Lipinski definition) is 8. The summed E-state index contributed by atoms with van der Waals surface area (Å²) in [5.41, 5.74) is -8.64. The molecule has 36 heavy (non-hydrogen) atoms. The number of rotatable bonds is 8. The Labute approximate surface area is 200 Å². The average molecular weight is 494 g/mol. The van der Waals surface area contributed by atoms with Gasteiger partial charge in [0.15, 0.2) is 0 Å². The van der Waals surface area contributed by atoms with Crippen LogP contribution in [0.5, 0.6) is 11.5 Å². The predicted molar refractivity (Wildman–Crippen MR) is 117 cm³/mol. The molecule has 0 saturated carbocycles. The van der Waals surface area contributed by atoms with E-state index >= 15 is 0 Å². The normalized spacial score (nSPS) is 10.2. The fourth-order valence-electron chi connectivity index (χ4n) is 3.31. The first-order valence-corrected chi connectivity index (χ1v) is 9.76. The highest BCUT2D eigenvalue weighted by molar-refractivity contribution is 6.23. The molecule has 12 heteroatoms. The third-order valence-electron chi connectivity index (χ3n) is 4.67. The molecule has 0 atom stereocenters. The van der Waals surface area contributed by atoms with Crippen LogP contribution in [-0.2, 0) is 0 Å². The van der Waals surface area contributed by atoms with Crippen molar-refractivity contribution in [1.29, 1.82) is 0 Å². The fourth-order valence-corrected chi connectivity index (χ4v) is 3.31. The summed E-state index contributed by atoms with van der Waals surface area (Å²) in [4.78, 5) is 74.4. The summed E-state index contributed by atoms with van der Waals surface area (Å²) in [5.74, 6) is -12.2. The van der Waals surface area contributed by atoms with Gasteiger partial charge in [-0.2, -0.15) is 0 Å². The first kappa shape index (κ1) is 25.1. The molecule has 0 heterocycles. The Morgan fingerprint density at radius 1 is 0.417 bits per heavy atom. The van der Waals surface area contributed by atoms with Gasteiger partial charge in [0.25, 0.3) is 0 Å². The van der Waals surface area contributed by atoms with Gasteiger partial charge in [0, 0.05) is 0 Å². The molecule has 0 bridgehead atoms. The second kappa shape index (κ2) is 10.2. The number of carboxylic acids is 4. The van der Waals surface area contributed by atoms with Crippen molar-refractivity contribution in [2.24, 2.45) is 0 Å². The van der Waals surface area contributed by atoms with E-state index in [9.17, 15) is 49.2 Å². The number of carboxylic acid groups (broad SMARTS) is 4. The zero-order valence-corrected chi connectivity index (χ0v) is 17.8. The molecule has 0 aliphatic rings. The Bertz CT molecular complexity index is 1300. The van der Waals surface area contributed by atoms with Gasteiger partial charge in [-0.15, -0.1) is 0 Å². The molecule has 3 rings (SSSR count). The Balaban J connectivity index is 2.46. The first-order chi connectivity index (χ1) is 17.0. The van der Waals surface area contributed by atoms with Gasteiger partial charge < -0.3 is 29.9 Å². The Morgan fingerprint density at radius 2 is 0.667 bits per heavy atom. The van der Waals surface area contributed by atoms with Gasteiger partial charge in [0.05, 0.1) is 33.4 Å². The molecule has 4 N–H and O–H groups in total. The van der Waals surface area contributed by atoms with Gasteiger partial charge in [-0.1, -0.05) is 36.4 Å². The van der Waals surface area contributed by atoms with E-state index in [4.69, 9.17) is 9.47 Å². The molecule has 3 aromatic carbocycles. The highest BCUT2D eigenvalue weighted by Crippen LogP contribution is 2.32. The van der Waals surface area contributed by atoms with Crippen LogP contribution in [0.2, 0.25) is 0 Å². The minimum atomic E-state index is -2.18. The van der Waals surface area contributed by atoms with Crippen molar-refractivity contribution in [3.8, 4) is 11.5 Å². The predicted octanol–water partition coefficient (Wildman–Crippen LogP) is 2.92. The molecular weight excluding hydrogens is 480 g/mol. The van der Waals surface area contributed by atoms with E-state index in [1.807, 2.05) is 0 Å². The highest BCUT2D eigenvalue weighted by Gasteiger charge is 2.41. The molecular formula is C24H14O12. The number of aromatic carboxylic acids is 4. The Morgan fingerprint density at radius 3 is 0.917 bits per heavy atom. The Kier molecular flexibility index (Phi) is 7.10. The summed E-state index contributed by atoms with van der Waals surface area (Å²) >= 11 is 0. The van der Waals surface area contributed by atoms with Gasteiger partial charge in [-0.05, 0) is 24.3 Å². The minimum absolute atomic E-state index is 0.169. The maximum Gasteiger partial charge on any atom is 0.345 e. The summed E-state index contributed by atoms with van der Waals surface area (Å²) in [6, 6.07) is 13.9. The van der Waals surface area contributed by atoms with Crippen molar-refractivity contribution >= 4 is 35.8 Å². The zero-order chi connectivity index (χ0) is 26.6. The maximum absolute atomic E-state index is 13.1. The molecule has 0 radical (unpaired) electrons. The molecule has 0 aliphatic carbocycles. The van der Waals surface area contributed by atoms with Crippen LogP contribution < -0.4 is 9.47 Å². The lowest BCUT2D eigenvalue weighted by molar-refractivity contribution is 0.0602. The van der Waals surface area contributed by atoms with Crippen LogP contribution in [0.4, 0.5) is 0 Å². The van der Waals surface area contributed by atoms with Crippen LogP contribution in [0.15, 0.2) is 60.7 Å². The highest BCUT2D eigenvalue weighted by atomic mass is 16.5. The van der Waals surface area contributed by atoms with Crippen molar-refractivity contribution < 1.29 is 58.7 Å². The molecule has 0 saturated heterocycles. The quantitative estimate of drug-likeness (QED) is 0.264. The molecule has 0 unspecified atom stereocenters. The fraction of sp³-hybridized carbons (Fsp3) is 0. The van der Waals surface area contributed by atoms with Crippen molar-refractivity contribution in [2.75, 3.05) is 0 Å². The lowest BCUT2D eigenvalue weighted by Gasteiger charge is -2.18. The van der Waals surface area contributed by atoms with Crippen LogP contribution in [0, 0.1) is 0 Å². The minimum Gasteiger partial charge on any atom is -0.478 e. The number of para-hydroxylation sites is 2. The lowest BCUT2D eigenvalue weighted by Crippen LogP contribution is -2.30. The molecule has 0 spiro atoms. The molecule has 0 amide bonds. The van der Waals surface area contributed by atoms with Gasteiger partial charge >= 0.3 is 35.8 Å². The number of carbonyl (C=O) groups excluding carboxylic acids is 2. The third kappa shape index (κ3) is 4.87. The second-order valence-corrected chi connectivity index (χ2v) is 6.88. The number of ether oxygens (including phenoxy) is 2. The molecule has 0 fully saturated rings. The molecule has 0 aliphatic heterocycles. The summed E-state index contributed by atoms with van der Waals surface area (Å²) in [6.07, 6.45) is 0.